The summed E-state index contributed by atoms with van der Waals surface area (Å²) >= 11 is 6.07. The van der Waals surface area contributed by atoms with Crippen molar-refractivity contribution >= 4 is 29.3 Å². The van der Waals surface area contributed by atoms with Gasteiger partial charge in [0.25, 0.3) is 17.7 Å². The van der Waals surface area contributed by atoms with E-state index in [9.17, 15) is 14.4 Å². The summed E-state index contributed by atoms with van der Waals surface area (Å²) in [6.45, 7) is 2.56. The van der Waals surface area contributed by atoms with Crippen LogP contribution in [0.5, 0.6) is 0 Å². The van der Waals surface area contributed by atoms with Gasteiger partial charge in [-0.1, -0.05) is 36.7 Å². The molecule has 1 aliphatic rings. The number of hydrogen-bond donors (Lipinski definition) is 1. The van der Waals surface area contributed by atoms with Crippen LogP contribution in [0.2, 0.25) is 5.02 Å². The molecule has 0 saturated heterocycles. The van der Waals surface area contributed by atoms with Gasteiger partial charge < -0.3 is 5.32 Å². The van der Waals surface area contributed by atoms with E-state index in [0.29, 0.717) is 29.1 Å². The van der Waals surface area contributed by atoms with Crippen molar-refractivity contribution in [3.8, 4) is 0 Å². The average Bonchev–Trinajstić information content (AvgIpc) is 2.85. The number of nitrogens with zero attached hydrogens (tertiary/aromatic N) is 1. The molecule has 128 valence electrons. The Labute approximate surface area is 150 Å². The zero-order valence-corrected chi connectivity index (χ0v) is 14.5. The lowest BCUT2D eigenvalue weighted by Gasteiger charge is -2.11. The molecule has 3 rings (SSSR count). The van der Waals surface area contributed by atoms with Crippen LogP contribution in [-0.4, -0.2) is 29.2 Å². The standard InChI is InChI=1S/C19H17ClN2O3/c1-2-9-22-18(24)14-8-7-12(10-15(14)19(22)25)17(23)21-11-13-5-3-4-6-16(13)20/h3-8,10H,2,9,11H2,1H3,(H,21,23). The van der Waals surface area contributed by atoms with Crippen LogP contribution >= 0.6 is 11.6 Å². The van der Waals surface area contributed by atoms with E-state index in [2.05, 4.69) is 5.32 Å². The number of rotatable bonds is 5. The van der Waals surface area contributed by atoms with Gasteiger partial charge in [-0.15, -0.1) is 0 Å². The molecule has 0 fully saturated rings. The molecule has 2 aromatic carbocycles. The van der Waals surface area contributed by atoms with E-state index in [0.717, 1.165) is 5.56 Å². The third kappa shape index (κ3) is 3.28. The van der Waals surface area contributed by atoms with E-state index >= 15 is 0 Å². The summed E-state index contributed by atoms with van der Waals surface area (Å²) in [6, 6.07) is 11.8. The fourth-order valence-corrected chi connectivity index (χ4v) is 2.98. The smallest absolute Gasteiger partial charge is 0.261 e. The molecular weight excluding hydrogens is 340 g/mol. The highest BCUT2D eigenvalue weighted by atomic mass is 35.5. The van der Waals surface area contributed by atoms with Gasteiger partial charge in [-0.05, 0) is 36.2 Å². The molecule has 1 heterocycles. The van der Waals surface area contributed by atoms with Gasteiger partial charge in [0.1, 0.15) is 0 Å². The van der Waals surface area contributed by atoms with E-state index < -0.39 is 0 Å². The molecule has 0 spiro atoms. The molecule has 1 N–H and O–H groups in total. The molecule has 0 atom stereocenters. The predicted octanol–water partition coefficient (Wildman–Crippen LogP) is 3.28. The summed E-state index contributed by atoms with van der Waals surface area (Å²) in [4.78, 5) is 38.1. The molecule has 25 heavy (non-hydrogen) atoms. The summed E-state index contributed by atoms with van der Waals surface area (Å²) in [5.74, 6) is -0.968. The van der Waals surface area contributed by atoms with E-state index in [1.54, 1.807) is 12.1 Å². The van der Waals surface area contributed by atoms with Gasteiger partial charge >= 0.3 is 0 Å². The average molecular weight is 357 g/mol. The van der Waals surface area contributed by atoms with Crippen LogP contribution in [0.4, 0.5) is 0 Å². The molecule has 0 aliphatic carbocycles. The zero-order valence-electron chi connectivity index (χ0n) is 13.7. The Balaban J connectivity index is 1.77. The van der Waals surface area contributed by atoms with Crippen LogP contribution in [0.1, 0.15) is 50.0 Å². The van der Waals surface area contributed by atoms with Crippen molar-refractivity contribution in [3.05, 3.63) is 69.7 Å². The Hall–Kier alpha value is -2.66. The first-order valence-corrected chi connectivity index (χ1v) is 8.42. The highest BCUT2D eigenvalue weighted by Crippen LogP contribution is 2.24. The largest absolute Gasteiger partial charge is 0.348 e. The third-order valence-corrected chi connectivity index (χ3v) is 4.45. The fraction of sp³-hybridized carbons (Fsp3) is 0.211. The predicted molar refractivity (Wildman–Crippen MR) is 94.7 cm³/mol. The molecule has 0 unspecified atom stereocenters. The maximum Gasteiger partial charge on any atom is 0.261 e. The van der Waals surface area contributed by atoms with Gasteiger partial charge in [-0.2, -0.15) is 0 Å². The molecule has 0 bridgehead atoms. The van der Waals surface area contributed by atoms with Gasteiger partial charge in [0.15, 0.2) is 0 Å². The summed E-state index contributed by atoms with van der Waals surface area (Å²) in [6.07, 6.45) is 0.691. The SMILES string of the molecule is CCCN1C(=O)c2ccc(C(=O)NCc3ccccc3Cl)cc2C1=O. The van der Waals surface area contributed by atoms with Crippen LogP contribution in [0, 0.1) is 0 Å². The number of benzene rings is 2. The highest BCUT2D eigenvalue weighted by Gasteiger charge is 2.35. The maximum absolute atomic E-state index is 12.4. The number of halogens is 1. The van der Waals surface area contributed by atoms with Crippen LogP contribution in [0.25, 0.3) is 0 Å². The van der Waals surface area contributed by atoms with Crippen LogP contribution in [0.3, 0.4) is 0 Å². The van der Waals surface area contributed by atoms with Crippen molar-refractivity contribution in [3.63, 3.8) is 0 Å². The minimum atomic E-state index is -0.345. The topological polar surface area (TPSA) is 66.5 Å². The molecule has 3 amide bonds. The fourth-order valence-electron chi connectivity index (χ4n) is 2.78. The Morgan fingerprint density at radius 3 is 2.52 bits per heavy atom. The lowest BCUT2D eigenvalue weighted by Crippen LogP contribution is -2.30. The number of amides is 3. The van der Waals surface area contributed by atoms with Gasteiger partial charge in [0.2, 0.25) is 0 Å². The lowest BCUT2D eigenvalue weighted by atomic mass is 10.1. The number of fused-ring (bicyclic) bond motifs is 1. The molecule has 0 aromatic heterocycles. The van der Waals surface area contributed by atoms with Gasteiger partial charge in [0, 0.05) is 23.7 Å². The molecule has 2 aromatic rings. The van der Waals surface area contributed by atoms with Gasteiger partial charge in [-0.25, -0.2) is 0 Å². The molecule has 0 saturated carbocycles. The zero-order chi connectivity index (χ0) is 18.0. The quantitative estimate of drug-likeness (QED) is 0.836. The molecule has 6 heteroatoms. The third-order valence-electron chi connectivity index (χ3n) is 4.08. The van der Waals surface area contributed by atoms with Gasteiger partial charge in [0.05, 0.1) is 11.1 Å². The first-order valence-electron chi connectivity index (χ1n) is 8.04. The van der Waals surface area contributed by atoms with Crippen molar-refractivity contribution in [1.82, 2.24) is 10.2 Å². The summed E-state index contributed by atoms with van der Waals surface area (Å²) in [5, 5.41) is 3.35. The van der Waals surface area contributed by atoms with Crippen molar-refractivity contribution in [2.75, 3.05) is 6.54 Å². The molecule has 1 aliphatic heterocycles. The van der Waals surface area contributed by atoms with Gasteiger partial charge in [-0.3, -0.25) is 19.3 Å². The Morgan fingerprint density at radius 1 is 1.08 bits per heavy atom. The second-order valence-electron chi connectivity index (χ2n) is 5.80. The lowest BCUT2D eigenvalue weighted by molar-refractivity contribution is 0.0654. The number of hydrogen-bond acceptors (Lipinski definition) is 3. The number of carbonyl (C=O) groups is 3. The van der Waals surface area contributed by atoms with E-state index in [1.807, 2.05) is 25.1 Å². The van der Waals surface area contributed by atoms with Crippen molar-refractivity contribution in [2.45, 2.75) is 19.9 Å². The van der Waals surface area contributed by atoms with Crippen molar-refractivity contribution in [2.24, 2.45) is 0 Å². The van der Waals surface area contributed by atoms with Crippen LogP contribution < -0.4 is 5.32 Å². The maximum atomic E-state index is 12.4. The first kappa shape index (κ1) is 17.2. The Morgan fingerprint density at radius 2 is 1.80 bits per heavy atom. The Kier molecular flexibility index (Phi) is 4.86. The molecular formula is C19H17ClN2O3. The molecule has 0 radical (unpaired) electrons. The minimum absolute atomic E-state index is 0.281. The van der Waals surface area contributed by atoms with Crippen molar-refractivity contribution in [1.29, 1.82) is 0 Å². The number of nitrogens with one attached hydrogen (secondary N) is 1. The summed E-state index contributed by atoms with van der Waals surface area (Å²) in [5.41, 5.74) is 1.77. The monoisotopic (exact) mass is 356 g/mol. The Bertz CT molecular complexity index is 863. The first-order chi connectivity index (χ1) is 12.0. The highest BCUT2D eigenvalue weighted by molar-refractivity contribution is 6.31. The van der Waals surface area contributed by atoms with E-state index in [4.69, 9.17) is 11.6 Å². The number of imide groups is 1. The molecule has 5 nitrogen and oxygen atoms in total. The van der Waals surface area contributed by atoms with E-state index in [1.165, 1.54) is 17.0 Å². The summed E-state index contributed by atoms with van der Waals surface area (Å²) < 4.78 is 0. The minimum Gasteiger partial charge on any atom is -0.348 e. The normalized spacial score (nSPS) is 13.1. The van der Waals surface area contributed by atoms with Crippen LogP contribution in [-0.2, 0) is 6.54 Å². The second-order valence-corrected chi connectivity index (χ2v) is 6.20. The number of carbonyl (C=O) groups excluding carboxylic acids is 3. The van der Waals surface area contributed by atoms with E-state index in [-0.39, 0.29) is 29.8 Å². The second kappa shape index (κ2) is 7.07. The van der Waals surface area contributed by atoms with Crippen LogP contribution in [0.15, 0.2) is 42.5 Å². The summed E-state index contributed by atoms with van der Waals surface area (Å²) in [7, 11) is 0. The van der Waals surface area contributed by atoms with Crippen molar-refractivity contribution < 1.29 is 14.4 Å².